The van der Waals surface area contributed by atoms with Gasteiger partial charge in [-0.15, -0.1) is 11.8 Å². The van der Waals surface area contributed by atoms with Crippen molar-refractivity contribution in [2.45, 2.75) is 34.8 Å². The molecule has 6 nitrogen and oxygen atoms in total. The Morgan fingerprint density at radius 3 is 2.82 bits per heavy atom. The molecule has 9 heteroatoms. The molecule has 0 bridgehead atoms. The summed E-state index contributed by atoms with van der Waals surface area (Å²) in [5.74, 6) is -0.561. The minimum Gasteiger partial charge on any atom is -0.326 e. The van der Waals surface area contributed by atoms with E-state index in [-0.39, 0.29) is 22.9 Å². The lowest BCUT2D eigenvalue weighted by Gasteiger charge is -2.15. The number of carbonyl (C=O) groups is 2. The summed E-state index contributed by atoms with van der Waals surface area (Å²) in [5.41, 5.74) is 0.726. The zero-order chi connectivity index (χ0) is 20.3. The van der Waals surface area contributed by atoms with E-state index < -0.39 is 26.8 Å². The fourth-order valence-corrected chi connectivity index (χ4v) is 5.07. The SMILES string of the molecule is CC(CC(=O)Nc1cccc(F)c1)S(=O)(=O)c1ccc2c(c1)NC(=O)CCS2. The molecule has 1 atom stereocenters. The number of hydrogen-bond acceptors (Lipinski definition) is 5. The first-order chi connectivity index (χ1) is 13.3. The average molecular weight is 423 g/mol. The highest BCUT2D eigenvalue weighted by Crippen LogP contribution is 2.33. The van der Waals surface area contributed by atoms with Crippen LogP contribution in [0.2, 0.25) is 0 Å². The highest BCUT2D eigenvalue weighted by Gasteiger charge is 2.27. The standard InChI is InChI=1S/C19H19FN2O4S2/c1-12(9-19(24)21-14-4-2-3-13(20)10-14)28(25,26)15-5-6-17-16(11-15)22-18(23)7-8-27-17/h2-6,10-12H,7-9H2,1H3,(H,21,24)(H,22,23). The number of sulfone groups is 1. The molecular weight excluding hydrogens is 403 g/mol. The molecule has 0 radical (unpaired) electrons. The lowest BCUT2D eigenvalue weighted by atomic mass is 10.2. The summed E-state index contributed by atoms with van der Waals surface area (Å²) in [4.78, 5) is 24.8. The van der Waals surface area contributed by atoms with Crippen molar-refractivity contribution in [2.24, 2.45) is 0 Å². The third kappa shape index (κ3) is 4.71. The molecule has 0 aliphatic carbocycles. The molecule has 2 amide bonds. The van der Waals surface area contributed by atoms with Crippen LogP contribution in [0.3, 0.4) is 0 Å². The van der Waals surface area contributed by atoms with Gasteiger partial charge in [0.1, 0.15) is 5.82 Å². The Hall–Kier alpha value is -2.39. The number of anilines is 2. The highest BCUT2D eigenvalue weighted by atomic mass is 32.2. The van der Waals surface area contributed by atoms with Crippen molar-refractivity contribution in [2.75, 3.05) is 16.4 Å². The number of hydrogen-bond donors (Lipinski definition) is 2. The summed E-state index contributed by atoms with van der Waals surface area (Å²) in [6.07, 6.45) is 0.0785. The van der Waals surface area contributed by atoms with E-state index in [9.17, 15) is 22.4 Å². The van der Waals surface area contributed by atoms with Gasteiger partial charge < -0.3 is 10.6 Å². The molecule has 1 aliphatic rings. The van der Waals surface area contributed by atoms with Gasteiger partial charge in [0.2, 0.25) is 11.8 Å². The number of nitrogens with one attached hydrogen (secondary N) is 2. The van der Waals surface area contributed by atoms with Crippen molar-refractivity contribution >= 4 is 44.8 Å². The average Bonchev–Trinajstić information content (AvgIpc) is 2.81. The minimum absolute atomic E-state index is 0.0418. The number of benzene rings is 2. The summed E-state index contributed by atoms with van der Waals surface area (Å²) < 4.78 is 38.9. The van der Waals surface area contributed by atoms with Gasteiger partial charge in [0, 0.05) is 29.2 Å². The molecule has 0 saturated heterocycles. The summed E-state index contributed by atoms with van der Waals surface area (Å²) >= 11 is 1.48. The molecular formula is C19H19FN2O4S2. The van der Waals surface area contributed by atoms with Crippen molar-refractivity contribution in [3.8, 4) is 0 Å². The first kappa shape index (κ1) is 20.3. The molecule has 1 unspecified atom stereocenters. The van der Waals surface area contributed by atoms with Gasteiger partial charge in [-0.2, -0.15) is 0 Å². The predicted molar refractivity (Wildman–Crippen MR) is 107 cm³/mol. The molecule has 1 aliphatic heterocycles. The van der Waals surface area contributed by atoms with Crippen LogP contribution in [0.4, 0.5) is 15.8 Å². The second kappa shape index (κ2) is 8.32. The normalized spacial score (nSPS) is 15.1. The van der Waals surface area contributed by atoms with Crippen LogP contribution in [0.1, 0.15) is 19.8 Å². The van der Waals surface area contributed by atoms with E-state index in [1.54, 1.807) is 6.07 Å². The topological polar surface area (TPSA) is 92.3 Å². The molecule has 1 heterocycles. The van der Waals surface area contributed by atoms with E-state index in [2.05, 4.69) is 10.6 Å². The fraction of sp³-hybridized carbons (Fsp3) is 0.263. The Bertz CT molecular complexity index is 1020. The second-order valence-corrected chi connectivity index (χ2v) is 9.93. The number of halogens is 1. The molecule has 0 saturated carbocycles. The van der Waals surface area contributed by atoms with Gasteiger partial charge >= 0.3 is 0 Å². The highest BCUT2D eigenvalue weighted by molar-refractivity contribution is 7.99. The molecule has 2 aromatic carbocycles. The first-order valence-corrected chi connectivity index (χ1v) is 11.1. The number of fused-ring (bicyclic) bond motifs is 1. The second-order valence-electron chi connectivity index (χ2n) is 6.42. The van der Waals surface area contributed by atoms with Gasteiger partial charge in [-0.3, -0.25) is 9.59 Å². The summed E-state index contributed by atoms with van der Waals surface area (Å²) in [6, 6.07) is 9.96. The Balaban J connectivity index is 1.74. The van der Waals surface area contributed by atoms with Gasteiger partial charge in [0.05, 0.1) is 15.8 Å². The smallest absolute Gasteiger partial charge is 0.225 e. The van der Waals surface area contributed by atoms with Crippen LogP contribution in [0.15, 0.2) is 52.3 Å². The van der Waals surface area contributed by atoms with Gasteiger partial charge in [-0.05, 0) is 43.3 Å². The number of rotatable bonds is 5. The maximum atomic E-state index is 13.2. The fourth-order valence-electron chi connectivity index (χ4n) is 2.76. The summed E-state index contributed by atoms with van der Waals surface area (Å²) in [6.45, 7) is 1.44. The summed E-state index contributed by atoms with van der Waals surface area (Å²) in [5, 5.41) is 4.22. The van der Waals surface area contributed by atoms with E-state index in [0.29, 0.717) is 17.9 Å². The van der Waals surface area contributed by atoms with Crippen LogP contribution in [0.25, 0.3) is 0 Å². The van der Waals surface area contributed by atoms with Gasteiger partial charge in [0.25, 0.3) is 0 Å². The molecule has 0 spiro atoms. The molecule has 148 valence electrons. The molecule has 0 fully saturated rings. The van der Waals surface area contributed by atoms with Crippen molar-refractivity contribution in [1.29, 1.82) is 0 Å². The van der Waals surface area contributed by atoms with Crippen LogP contribution in [0.5, 0.6) is 0 Å². The van der Waals surface area contributed by atoms with Crippen LogP contribution in [-0.2, 0) is 19.4 Å². The van der Waals surface area contributed by atoms with Gasteiger partial charge in [-0.25, -0.2) is 12.8 Å². The maximum absolute atomic E-state index is 13.2. The van der Waals surface area contributed by atoms with Crippen molar-refractivity contribution in [3.05, 3.63) is 48.3 Å². The van der Waals surface area contributed by atoms with Crippen LogP contribution in [-0.4, -0.2) is 31.2 Å². The van der Waals surface area contributed by atoms with Crippen LogP contribution in [0, 0.1) is 5.82 Å². The zero-order valence-electron chi connectivity index (χ0n) is 15.1. The van der Waals surface area contributed by atoms with E-state index in [1.807, 2.05) is 0 Å². The van der Waals surface area contributed by atoms with E-state index in [1.165, 1.54) is 49.0 Å². The monoisotopic (exact) mass is 422 g/mol. The quantitative estimate of drug-likeness (QED) is 0.770. The molecule has 3 rings (SSSR count). The van der Waals surface area contributed by atoms with Gasteiger partial charge in [-0.1, -0.05) is 6.07 Å². The van der Waals surface area contributed by atoms with Crippen molar-refractivity contribution in [1.82, 2.24) is 0 Å². The predicted octanol–water partition coefficient (Wildman–Crippen LogP) is 3.45. The largest absolute Gasteiger partial charge is 0.326 e. The van der Waals surface area contributed by atoms with Gasteiger partial charge in [0.15, 0.2) is 9.84 Å². The first-order valence-electron chi connectivity index (χ1n) is 8.62. The molecule has 28 heavy (non-hydrogen) atoms. The van der Waals surface area contributed by atoms with Crippen LogP contribution < -0.4 is 10.6 Å². The lowest BCUT2D eigenvalue weighted by molar-refractivity contribution is -0.116. The van der Waals surface area contributed by atoms with Crippen molar-refractivity contribution < 1.29 is 22.4 Å². The number of thioether (sulfide) groups is 1. The Labute approximate surface area is 166 Å². The van der Waals surface area contributed by atoms with Crippen molar-refractivity contribution in [3.63, 3.8) is 0 Å². The minimum atomic E-state index is -3.79. The van der Waals surface area contributed by atoms with E-state index >= 15 is 0 Å². The van der Waals surface area contributed by atoms with Crippen LogP contribution >= 0.6 is 11.8 Å². The maximum Gasteiger partial charge on any atom is 0.225 e. The Kier molecular flexibility index (Phi) is 6.04. The Morgan fingerprint density at radius 2 is 2.07 bits per heavy atom. The Morgan fingerprint density at radius 1 is 1.29 bits per heavy atom. The lowest BCUT2D eigenvalue weighted by Crippen LogP contribution is -2.25. The van der Waals surface area contributed by atoms with E-state index in [4.69, 9.17) is 0 Å². The molecule has 0 aromatic heterocycles. The zero-order valence-corrected chi connectivity index (χ0v) is 16.7. The summed E-state index contributed by atoms with van der Waals surface area (Å²) in [7, 11) is -3.79. The number of amides is 2. The molecule has 2 N–H and O–H groups in total. The third-order valence-electron chi connectivity index (χ3n) is 4.25. The third-order valence-corrected chi connectivity index (χ3v) is 7.46. The molecule has 2 aromatic rings. The van der Waals surface area contributed by atoms with E-state index in [0.717, 1.165) is 11.0 Å². The number of carbonyl (C=O) groups excluding carboxylic acids is 2.